The highest BCUT2D eigenvalue weighted by Crippen LogP contribution is 2.38. The van der Waals surface area contributed by atoms with Gasteiger partial charge in [0, 0.05) is 17.3 Å². The van der Waals surface area contributed by atoms with Crippen molar-refractivity contribution in [1.82, 2.24) is 5.43 Å². The average molecular weight is 386 g/mol. The van der Waals surface area contributed by atoms with Gasteiger partial charge in [0.2, 0.25) is 5.75 Å². The first-order valence-electron chi connectivity index (χ1n) is 8.73. The van der Waals surface area contributed by atoms with Gasteiger partial charge < -0.3 is 15.2 Å². The van der Waals surface area contributed by atoms with Gasteiger partial charge in [-0.3, -0.25) is 14.9 Å². The third kappa shape index (κ3) is 5.19. The average Bonchev–Trinajstić information content (AvgIpc) is 2.67. The number of anilines is 1. The van der Waals surface area contributed by atoms with Crippen LogP contribution in [-0.4, -0.2) is 30.3 Å². The van der Waals surface area contributed by atoms with Crippen molar-refractivity contribution in [2.24, 2.45) is 5.10 Å². The number of carbonyl (C=O) groups excluding carboxylic acids is 1. The van der Waals surface area contributed by atoms with Gasteiger partial charge in [-0.25, -0.2) is 5.43 Å². The maximum absolute atomic E-state index is 12.1. The van der Waals surface area contributed by atoms with Gasteiger partial charge in [-0.1, -0.05) is 19.1 Å². The number of nitro groups is 1. The lowest BCUT2D eigenvalue weighted by Crippen LogP contribution is -2.19. The molecule has 1 amide bonds. The predicted octanol–water partition coefficient (Wildman–Crippen LogP) is 3.13. The summed E-state index contributed by atoms with van der Waals surface area (Å²) in [6.07, 6.45) is 1.98. The van der Waals surface area contributed by atoms with E-state index in [4.69, 9.17) is 15.2 Å². The van der Waals surface area contributed by atoms with Crippen molar-refractivity contribution in [3.63, 3.8) is 0 Å². The second kappa shape index (κ2) is 9.91. The van der Waals surface area contributed by atoms with Crippen LogP contribution in [0.25, 0.3) is 0 Å². The number of amides is 1. The van der Waals surface area contributed by atoms with Gasteiger partial charge in [0.1, 0.15) is 0 Å². The van der Waals surface area contributed by atoms with E-state index in [9.17, 15) is 14.9 Å². The molecule has 28 heavy (non-hydrogen) atoms. The number of ether oxygens (including phenoxy) is 2. The van der Waals surface area contributed by atoms with Gasteiger partial charge in [-0.05, 0) is 31.5 Å². The highest BCUT2D eigenvalue weighted by Gasteiger charge is 2.22. The monoisotopic (exact) mass is 386 g/mol. The Morgan fingerprint density at radius 3 is 2.68 bits per heavy atom. The third-order valence-corrected chi connectivity index (χ3v) is 3.59. The Labute approximate surface area is 162 Å². The first kappa shape index (κ1) is 20.7. The molecule has 3 N–H and O–H groups in total. The standard InChI is InChI=1S/C19H22N4O5/c1-3-9-28-18-16(23(25)26)10-13(11-17(18)27-4-2)12-21-22-19(24)14-7-5-6-8-15(14)20/h5-8,10-12H,3-4,9,20H2,1-2H3,(H,22,24)/b21-12-. The molecule has 0 atom stereocenters. The Morgan fingerprint density at radius 2 is 2.04 bits per heavy atom. The molecular formula is C19H22N4O5. The number of hydrogen-bond acceptors (Lipinski definition) is 7. The van der Waals surface area contributed by atoms with Crippen molar-refractivity contribution in [2.45, 2.75) is 20.3 Å². The number of carbonyl (C=O) groups is 1. The molecule has 0 heterocycles. The van der Waals surface area contributed by atoms with Crippen LogP contribution in [0.3, 0.4) is 0 Å². The maximum Gasteiger partial charge on any atom is 0.315 e. The summed E-state index contributed by atoms with van der Waals surface area (Å²) in [6, 6.07) is 9.44. The van der Waals surface area contributed by atoms with Crippen molar-refractivity contribution in [2.75, 3.05) is 18.9 Å². The Kier molecular flexibility index (Phi) is 7.32. The Balaban J connectivity index is 2.27. The topological polar surface area (TPSA) is 129 Å². The van der Waals surface area contributed by atoms with E-state index in [1.165, 1.54) is 12.3 Å². The van der Waals surface area contributed by atoms with Crippen molar-refractivity contribution < 1.29 is 19.2 Å². The van der Waals surface area contributed by atoms with Crippen molar-refractivity contribution >= 4 is 23.5 Å². The smallest absolute Gasteiger partial charge is 0.315 e. The lowest BCUT2D eigenvalue weighted by atomic mass is 10.1. The van der Waals surface area contributed by atoms with E-state index in [0.717, 1.165) is 0 Å². The quantitative estimate of drug-likeness (QED) is 0.295. The molecule has 0 saturated heterocycles. The summed E-state index contributed by atoms with van der Waals surface area (Å²) in [4.78, 5) is 23.0. The number of nitrogens with zero attached hydrogens (tertiary/aromatic N) is 2. The van der Waals surface area contributed by atoms with Crippen LogP contribution in [0.5, 0.6) is 11.5 Å². The number of nitrogens with one attached hydrogen (secondary N) is 1. The van der Waals surface area contributed by atoms with Gasteiger partial charge in [-0.15, -0.1) is 0 Å². The summed E-state index contributed by atoms with van der Waals surface area (Å²) in [5, 5.41) is 15.3. The number of para-hydroxylation sites is 1. The van der Waals surface area contributed by atoms with Gasteiger partial charge in [0.15, 0.2) is 5.75 Å². The van der Waals surface area contributed by atoms with Gasteiger partial charge >= 0.3 is 5.69 Å². The van der Waals surface area contributed by atoms with Crippen LogP contribution in [0.2, 0.25) is 0 Å². The number of nitrogen functional groups attached to an aromatic ring is 1. The number of hydrazone groups is 1. The Bertz CT molecular complexity index is 883. The molecule has 9 nitrogen and oxygen atoms in total. The van der Waals surface area contributed by atoms with Crippen LogP contribution in [0.15, 0.2) is 41.5 Å². The minimum absolute atomic E-state index is 0.0759. The van der Waals surface area contributed by atoms with E-state index in [-0.39, 0.29) is 22.7 Å². The van der Waals surface area contributed by atoms with Gasteiger partial charge in [-0.2, -0.15) is 5.10 Å². The number of rotatable bonds is 9. The molecule has 0 aliphatic rings. The maximum atomic E-state index is 12.1. The summed E-state index contributed by atoms with van der Waals surface area (Å²) < 4.78 is 11.0. The second-order valence-corrected chi connectivity index (χ2v) is 5.69. The molecule has 2 aromatic rings. The molecule has 0 saturated carbocycles. The van der Waals surface area contributed by atoms with Crippen molar-refractivity contribution in [3.05, 3.63) is 57.6 Å². The van der Waals surface area contributed by atoms with Gasteiger partial charge in [0.25, 0.3) is 5.91 Å². The van der Waals surface area contributed by atoms with Crippen LogP contribution < -0.4 is 20.6 Å². The second-order valence-electron chi connectivity index (χ2n) is 5.69. The summed E-state index contributed by atoms with van der Waals surface area (Å²) >= 11 is 0. The summed E-state index contributed by atoms with van der Waals surface area (Å²) in [6.45, 7) is 4.29. The zero-order chi connectivity index (χ0) is 20.5. The molecule has 0 unspecified atom stereocenters. The highest BCUT2D eigenvalue weighted by atomic mass is 16.6. The predicted molar refractivity (Wildman–Crippen MR) is 106 cm³/mol. The molecule has 2 aromatic carbocycles. The minimum Gasteiger partial charge on any atom is -0.490 e. The van der Waals surface area contributed by atoms with Crippen LogP contribution in [-0.2, 0) is 0 Å². The number of nitro benzene ring substituents is 1. The zero-order valence-corrected chi connectivity index (χ0v) is 15.7. The summed E-state index contributed by atoms with van der Waals surface area (Å²) in [5.74, 6) is -0.172. The molecular weight excluding hydrogens is 364 g/mol. The normalized spacial score (nSPS) is 10.6. The zero-order valence-electron chi connectivity index (χ0n) is 15.7. The molecule has 0 bridgehead atoms. The van der Waals surface area contributed by atoms with E-state index >= 15 is 0 Å². The third-order valence-electron chi connectivity index (χ3n) is 3.59. The lowest BCUT2D eigenvalue weighted by Gasteiger charge is -2.12. The number of hydrogen-bond donors (Lipinski definition) is 2. The molecule has 0 aliphatic carbocycles. The fourth-order valence-corrected chi connectivity index (χ4v) is 2.36. The van der Waals surface area contributed by atoms with Gasteiger partial charge in [0.05, 0.1) is 29.9 Å². The molecule has 9 heteroatoms. The fraction of sp³-hybridized carbons (Fsp3) is 0.263. The van der Waals surface area contributed by atoms with Crippen molar-refractivity contribution in [3.8, 4) is 11.5 Å². The molecule has 0 spiro atoms. The van der Waals surface area contributed by atoms with Crippen LogP contribution in [0.4, 0.5) is 11.4 Å². The Morgan fingerprint density at radius 1 is 1.29 bits per heavy atom. The first-order valence-corrected chi connectivity index (χ1v) is 8.73. The fourth-order valence-electron chi connectivity index (χ4n) is 2.36. The Hall–Kier alpha value is -3.62. The molecule has 0 fully saturated rings. The minimum atomic E-state index is -0.548. The molecule has 2 rings (SSSR count). The van der Waals surface area contributed by atoms with E-state index in [2.05, 4.69) is 10.5 Å². The highest BCUT2D eigenvalue weighted by molar-refractivity contribution is 5.99. The number of nitrogens with two attached hydrogens (primary N) is 1. The summed E-state index contributed by atoms with van der Waals surface area (Å²) in [7, 11) is 0. The van der Waals surface area contributed by atoms with E-state index < -0.39 is 10.8 Å². The van der Waals surface area contributed by atoms with Crippen molar-refractivity contribution in [1.29, 1.82) is 0 Å². The van der Waals surface area contributed by atoms with E-state index in [0.29, 0.717) is 30.9 Å². The summed E-state index contributed by atoms with van der Waals surface area (Å²) in [5.41, 5.74) is 8.84. The molecule has 0 aromatic heterocycles. The number of benzene rings is 2. The molecule has 148 valence electrons. The van der Waals surface area contributed by atoms with Crippen LogP contribution >= 0.6 is 0 Å². The first-order chi connectivity index (χ1) is 13.5. The lowest BCUT2D eigenvalue weighted by molar-refractivity contribution is -0.386. The van der Waals surface area contributed by atoms with E-state index in [1.54, 1.807) is 37.3 Å². The SMILES string of the molecule is CCCOc1c(OCC)cc(/C=N\NC(=O)c2ccccc2N)cc1[N+](=O)[O-]. The van der Waals surface area contributed by atoms with Crippen LogP contribution in [0.1, 0.15) is 36.2 Å². The van der Waals surface area contributed by atoms with E-state index in [1.807, 2.05) is 6.92 Å². The van der Waals surface area contributed by atoms with Crippen LogP contribution in [0, 0.1) is 10.1 Å². The largest absolute Gasteiger partial charge is 0.490 e. The molecule has 0 radical (unpaired) electrons. The molecule has 0 aliphatic heterocycles.